The summed E-state index contributed by atoms with van der Waals surface area (Å²) in [5, 5.41) is 2.97. The molecule has 4 atom stereocenters. The Morgan fingerprint density at radius 1 is 1.13 bits per heavy atom. The fourth-order valence-electron chi connectivity index (χ4n) is 6.81. The SMILES string of the molecule is C=C[C@@H]1C[C@]1(CC(=O)[C@@H]1CN(S(=O)(=O)c2ccccc2F)CN1C(=O)[C@@H](CC(=O)OC1CCCC1)C(C)(C)C)C(=O)NCC1CC1. The Bertz CT molecular complexity index is 1480. The molecule has 2 amide bonds. The number of esters is 1. The third-order valence-corrected chi connectivity index (χ3v) is 11.9. The topological polar surface area (TPSA) is 130 Å². The number of amides is 2. The van der Waals surface area contributed by atoms with Gasteiger partial charge in [-0.2, -0.15) is 4.31 Å². The number of hydrogen-bond donors (Lipinski definition) is 1. The Hall–Kier alpha value is -3.12. The zero-order chi connectivity index (χ0) is 33.4. The van der Waals surface area contributed by atoms with Gasteiger partial charge >= 0.3 is 5.97 Å². The standard InChI is InChI=1S/C34H46FN3O7S/c1-5-23-17-34(23,32(42)36-19-22-14-15-22)18-28(39)27-20-37(46(43,44)29-13-9-8-12-26(29)35)21-38(27)31(41)25(33(2,3)4)16-30(40)45-24-10-6-7-11-24/h5,8-9,12-13,22-25,27H,1,6-7,10-11,14-21H2,2-4H3,(H,36,42)/t23-,25-,27+,34-/m1/s1. The molecule has 1 heterocycles. The van der Waals surface area contributed by atoms with Crippen LogP contribution in [0.2, 0.25) is 0 Å². The normalized spacial score (nSPS) is 26.0. The molecule has 4 aliphatic rings. The van der Waals surface area contributed by atoms with Crippen molar-refractivity contribution in [2.45, 2.75) is 95.6 Å². The molecule has 1 N–H and O–H groups in total. The zero-order valence-corrected chi connectivity index (χ0v) is 27.8. The number of nitrogens with zero attached hydrogens (tertiary/aromatic N) is 2. The Morgan fingerprint density at radius 3 is 2.39 bits per heavy atom. The molecule has 3 aliphatic carbocycles. The van der Waals surface area contributed by atoms with Crippen LogP contribution in [0.3, 0.4) is 0 Å². The number of rotatable bonds is 13. The van der Waals surface area contributed by atoms with Crippen molar-refractivity contribution in [3.63, 3.8) is 0 Å². The maximum atomic E-state index is 14.7. The molecule has 1 aromatic rings. The smallest absolute Gasteiger partial charge is 0.306 e. The summed E-state index contributed by atoms with van der Waals surface area (Å²) in [5.41, 5.74) is -1.76. The van der Waals surface area contributed by atoms with Crippen LogP contribution in [-0.2, 0) is 33.9 Å². The predicted octanol–water partition coefficient (Wildman–Crippen LogP) is 4.20. The molecule has 12 heteroatoms. The van der Waals surface area contributed by atoms with Crippen molar-refractivity contribution < 1.29 is 36.7 Å². The molecular formula is C34H46FN3O7S. The number of nitrogens with one attached hydrogen (secondary N) is 1. The number of sulfonamides is 1. The summed E-state index contributed by atoms with van der Waals surface area (Å²) in [6.45, 7) is 8.88. The second-order valence-corrected chi connectivity index (χ2v) is 16.5. The van der Waals surface area contributed by atoms with E-state index in [4.69, 9.17) is 4.74 Å². The maximum absolute atomic E-state index is 14.7. The van der Waals surface area contributed by atoms with E-state index in [1.165, 1.54) is 17.0 Å². The fraction of sp³-hybridized carbons (Fsp3) is 0.647. The number of hydrogen-bond acceptors (Lipinski definition) is 7. The Labute approximate surface area is 271 Å². The highest BCUT2D eigenvalue weighted by Crippen LogP contribution is 2.56. The first kappa shape index (κ1) is 34.2. The van der Waals surface area contributed by atoms with Crippen molar-refractivity contribution in [2.24, 2.45) is 28.6 Å². The van der Waals surface area contributed by atoms with E-state index in [-0.39, 0.29) is 30.8 Å². The van der Waals surface area contributed by atoms with Gasteiger partial charge in [-0.3, -0.25) is 19.2 Å². The highest BCUT2D eigenvalue weighted by atomic mass is 32.2. The van der Waals surface area contributed by atoms with Crippen molar-refractivity contribution in [3.05, 3.63) is 42.7 Å². The van der Waals surface area contributed by atoms with Gasteiger partial charge in [0.2, 0.25) is 21.8 Å². The summed E-state index contributed by atoms with van der Waals surface area (Å²) in [5.74, 6) is -3.46. The molecule has 1 aliphatic heterocycles. The van der Waals surface area contributed by atoms with E-state index in [0.29, 0.717) is 18.9 Å². The summed E-state index contributed by atoms with van der Waals surface area (Å²) in [6.07, 6.45) is 7.03. The lowest BCUT2D eigenvalue weighted by molar-refractivity contribution is -0.156. The summed E-state index contributed by atoms with van der Waals surface area (Å²) in [4.78, 5) is 55.5. The van der Waals surface area contributed by atoms with Crippen molar-refractivity contribution in [1.29, 1.82) is 0 Å². The second-order valence-electron chi connectivity index (χ2n) is 14.6. The predicted molar refractivity (Wildman–Crippen MR) is 168 cm³/mol. The molecule has 46 heavy (non-hydrogen) atoms. The third-order valence-electron chi connectivity index (χ3n) is 10.1. The molecule has 5 rings (SSSR count). The van der Waals surface area contributed by atoms with E-state index in [0.717, 1.165) is 55.0 Å². The Kier molecular flexibility index (Phi) is 9.80. The molecule has 0 aromatic heterocycles. The molecule has 0 bridgehead atoms. The zero-order valence-electron chi connectivity index (χ0n) is 27.0. The van der Waals surface area contributed by atoms with E-state index < -0.39 is 74.4 Å². The quantitative estimate of drug-likeness (QED) is 0.248. The first-order chi connectivity index (χ1) is 21.7. The lowest BCUT2D eigenvalue weighted by atomic mass is 9.77. The van der Waals surface area contributed by atoms with Crippen molar-refractivity contribution in [1.82, 2.24) is 14.5 Å². The van der Waals surface area contributed by atoms with E-state index in [9.17, 15) is 32.0 Å². The Balaban J connectivity index is 1.42. The van der Waals surface area contributed by atoms with Crippen LogP contribution in [0, 0.1) is 34.4 Å². The minimum atomic E-state index is -4.45. The van der Waals surface area contributed by atoms with Gasteiger partial charge < -0.3 is 15.0 Å². The molecular weight excluding hydrogens is 613 g/mol. The van der Waals surface area contributed by atoms with Crippen LogP contribution in [-0.4, -0.2) is 73.1 Å². The van der Waals surface area contributed by atoms with Crippen molar-refractivity contribution in [3.8, 4) is 0 Å². The first-order valence-corrected chi connectivity index (χ1v) is 17.8. The summed E-state index contributed by atoms with van der Waals surface area (Å²) < 4.78 is 48.7. The third kappa shape index (κ3) is 7.22. The van der Waals surface area contributed by atoms with Crippen LogP contribution < -0.4 is 5.32 Å². The van der Waals surface area contributed by atoms with Gasteiger partial charge in [-0.15, -0.1) is 6.58 Å². The van der Waals surface area contributed by atoms with Crippen molar-refractivity contribution >= 4 is 33.6 Å². The van der Waals surface area contributed by atoms with Gasteiger partial charge in [-0.05, 0) is 74.3 Å². The fourth-order valence-corrected chi connectivity index (χ4v) is 8.26. The highest BCUT2D eigenvalue weighted by Gasteiger charge is 2.60. The van der Waals surface area contributed by atoms with E-state index in [1.54, 1.807) is 26.8 Å². The average molecular weight is 660 g/mol. The summed E-state index contributed by atoms with van der Waals surface area (Å²) in [6, 6.07) is 3.71. The second kappa shape index (κ2) is 13.2. The van der Waals surface area contributed by atoms with Crippen LogP contribution in [0.5, 0.6) is 0 Å². The van der Waals surface area contributed by atoms with Gasteiger partial charge in [0.05, 0.1) is 24.4 Å². The number of carbonyl (C=O) groups excluding carboxylic acids is 4. The molecule has 1 aromatic carbocycles. The van der Waals surface area contributed by atoms with Gasteiger partial charge in [0.25, 0.3) is 0 Å². The van der Waals surface area contributed by atoms with E-state index in [2.05, 4.69) is 11.9 Å². The van der Waals surface area contributed by atoms with Crippen LogP contribution in [0.15, 0.2) is 41.8 Å². The molecule has 1 saturated heterocycles. The number of ether oxygens (including phenoxy) is 1. The lowest BCUT2D eigenvalue weighted by Crippen LogP contribution is -2.49. The van der Waals surface area contributed by atoms with Gasteiger partial charge in [0.15, 0.2) is 5.78 Å². The van der Waals surface area contributed by atoms with E-state index in [1.807, 2.05) is 0 Å². The molecule has 252 valence electrons. The van der Waals surface area contributed by atoms with E-state index >= 15 is 0 Å². The van der Waals surface area contributed by atoms with Gasteiger partial charge in [0.1, 0.15) is 22.9 Å². The molecule has 3 saturated carbocycles. The van der Waals surface area contributed by atoms with Crippen molar-refractivity contribution in [2.75, 3.05) is 19.8 Å². The molecule has 4 fully saturated rings. The number of halogens is 1. The molecule has 0 unspecified atom stereocenters. The molecule has 0 spiro atoms. The monoisotopic (exact) mass is 659 g/mol. The number of Topliss-reactive ketones (excluding diaryl/α,β-unsaturated/α-hetero) is 1. The van der Waals surface area contributed by atoms with Crippen LogP contribution in [0.4, 0.5) is 4.39 Å². The minimum absolute atomic E-state index is 0.190. The molecule has 10 nitrogen and oxygen atoms in total. The summed E-state index contributed by atoms with van der Waals surface area (Å²) >= 11 is 0. The lowest BCUT2D eigenvalue weighted by Gasteiger charge is -2.34. The highest BCUT2D eigenvalue weighted by molar-refractivity contribution is 7.89. The number of allylic oxidation sites excluding steroid dienone is 1. The average Bonchev–Trinajstić information content (AvgIpc) is 3.84. The number of benzene rings is 1. The number of ketones is 1. The number of carbonyl (C=O) groups is 4. The largest absolute Gasteiger partial charge is 0.462 e. The maximum Gasteiger partial charge on any atom is 0.306 e. The van der Waals surface area contributed by atoms with Gasteiger partial charge in [0, 0.05) is 19.5 Å². The van der Waals surface area contributed by atoms with Gasteiger partial charge in [-0.25, -0.2) is 12.8 Å². The summed E-state index contributed by atoms with van der Waals surface area (Å²) in [7, 11) is -4.45. The van der Waals surface area contributed by atoms with Gasteiger partial charge in [-0.1, -0.05) is 39.0 Å². The molecule has 0 radical (unpaired) electrons. The first-order valence-electron chi connectivity index (χ1n) is 16.4. The minimum Gasteiger partial charge on any atom is -0.462 e. The van der Waals surface area contributed by atoms with Crippen LogP contribution in [0.1, 0.15) is 78.6 Å². The van der Waals surface area contributed by atoms with Crippen LogP contribution >= 0.6 is 0 Å². The van der Waals surface area contributed by atoms with Crippen LogP contribution in [0.25, 0.3) is 0 Å². The Morgan fingerprint density at radius 2 is 1.80 bits per heavy atom.